The summed E-state index contributed by atoms with van der Waals surface area (Å²) in [5, 5.41) is 6.53. The van der Waals surface area contributed by atoms with Crippen molar-refractivity contribution in [1.29, 1.82) is 0 Å². The van der Waals surface area contributed by atoms with Crippen molar-refractivity contribution in [2.75, 3.05) is 0 Å². The van der Waals surface area contributed by atoms with Crippen LogP contribution in [0.4, 0.5) is 4.79 Å². The Morgan fingerprint density at radius 3 is 2.44 bits per heavy atom. The fourth-order valence-corrected chi connectivity index (χ4v) is 2.78. The lowest BCUT2D eigenvalue weighted by Crippen LogP contribution is -2.50. The Kier molecular flexibility index (Phi) is 5.63. The zero-order valence-corrected chi connectivity index (χ0v) is 15.3. The van der Waals surface area contributed by atoms with E-state index in [9.17, 15) is 14.4 Å². The number of amides is 3. The van der Waals surface area contributed by atoms with E-state index in [1.165, 1.54) is 18.3 Å². The van der Waals surface area contributed by atoms with Crippen LogP contribution in [-0.4, -0.2) is 34.1 Å². The Hall–Kier alpha value is -2.61. The third-order valence-corrected chi connectivity index (χ3v) is 3.97. The molecular formula is C17H21N3O4S. The molecule has 0 aliphatic rings. The van der Waals surface area contributed by atoms with Crippen LogP contribution in [0, 0.1) is 0 Å². The quantitative estimate of drug-likeness (QED) is 0.818. The van der Waals surface area contributed by atoms with Crippen molar-refractivity contribution >= 4 is 29.2 Å². The summed E-state index contributed by atoms with van der Waals surface area (Å²) >= 11 is 1.23. The first-order valence-electron chi connectivity index (χ1n) is 7.72. The average Bonchev–Trinajstić information content (AvgIpc) is 3.15. The molecule has 0 aliphatic carbocycles. The number of carbonyl (C=O) groups is 3. The van der Waals surface area contributed by atoms with E-state index in [2.05, 4.69) is 10.6 Å². The number of thiophene rings is 1. The van der Waals surface area contributed by atoms with Gasteiger partial charge in [0.05, 0.1) is 5.69 Å². The van der Waals surface area contributed by atoms with Gasteiger partial charge >= 0.3 is 12.0 Å². The van der Waals surface area contributed by atoms with Crippen LogP contribution in [0.2, 0.25) is 0 Å². The van der Waals surface area contributed by atoms with Crippen LogP contribution in [0.25, 0.3) is 5.69 Å². The Morgan fingerprint density at radius 2 is 1.84 bits per heavy atom. The zero-order valence-electron chi connectivity index (χ0n) is 14.5. The van der Waals surface area contributed by atoms with E-state index < -0.39 is 29.6 Å². The number of nitrogens with one attached hydrogen (secondary N) is 2. The fourth-order valence-electron chi connectivity index (χ4n) is 2.01. The second-order valence-electron chi connectivity index (χ2n) is 6.47. The lowest BCUT2D eigenvalue weighted by atomic mass is 10.1. The molecule has 2 aromatic heterocycles. The maximum absolute atomic E-state index is 12.3. The van der Waals surface area contributed by atoms with Crippen molar-refractivity contribution in [3.8, 4) is 5.69 Å². The highest BCUT2D eigenvalue weighted by Gasteiger charge is 2.24. The molecule has 7 nitrogen and oxygen atoms in total. The minimum absolute atomic E-state index is 0.384. The molecular weight excluding hydrogens is 342 g/mol. The van der Waals surface area contributed by atoms with Crippen LogP contribution in [0.1, 0.15) is 37.4 Å². The summed E-state index contributed by atoms with van der Waals surface area (Å²) in [6, 6.07) is 4.85. The second-order valence-corrected chi connectivity index (χ2v) is 7.38. The Bertz CT molecular complexity index is 759. The van der Waals surface area contributed by atoms with E-state index in [0.717, 1.165) is 0 Å². The third kappa shape index (κ3) is 5.18. The molecule has 0 radical (unpaired) electrons. The summed E-state index contributed by atoms with van der Waals surface area (Å²) in [5.74, 6) is -1.30. The minimum Gasteiger partial charge on any atom is -0.448 e. The zero-order chi connectivity index (χ0) is 18.6. The van der Waals surface area contributed by atoms with Gasteiger partial charge in [0, 0.05) is 17.9 Å². The van der Waals surface area contributed by atoms with Crippen LogP contribution < -0.4 is 10.6 Å². The third-order valence-electron chi connectivity index (χ3n) is 3.09. The van der Waals surface area contributed by atoms with E-state index in [0.29, 0.717) is 10.6 Å². The van der Waals surface area contributed by atoms with Gasteiger partial charge in [-0.05, 0) is 51.3 Å². The molecule has 0 aliphatic heterocycles. The molecule has 0 aromatic carbocycles. The summed E-state index contributed by atoms with van der Waals surface area (Å²) in [5.41, 5.74) is 0.200. The van der Waals surface area contributed by atoms with Gasteiger partial charge in [-0.3, -0.25) is 10.1 Å². The van der Waals surface area contributed by atoms with E-state index in [1.807, 2.05) is 24.5 Å². The van der Waals surface area contributed by atoms with Crippen molar-refractivity contribution in [2.45, 2.75) is 39.3 Å². The summed E-state index contributed by atoms with van der Waals surface area (Å²) in [4.78, 5) is 36.4. The van der Waals surface area contributed by atoms with Crippen LogP contribution in [0.5, 0.6) is 0 Å². The normalized spacial score (nSPS) is 12.3. The molecule has 2 rings (SSSR count). The predicted molar refractivity (Wildman–Crippen MR) is 95.0 cm³/mol. The number of carbonyl (C=O) groups excluding carboxylic acids is 3. The summed E-state index contributed by atoms with van der Waals surface area (Å²) in [7, 11) is 0. The largest absolute Gasteiger partial charge is 0.448 e. The van der Waals surface area contributed by atoms with Gasteiger partial charge in [-0.2, -0.15) is 0 Å². The van der Waals surface area contributed by atoms with Gasteiger partial charge in [-0.15, -0.1) is 11.3 Å². The van der Waals surface area contributed by atoms with Crippen molar-refractivity contribution < 1.29 is 19.1 Å². The average molecular weight is 363 g/mol. The van der Waals surface area contributed by atoms with Gasteiger partial charge in [-0.1, -0.05) is 0 Å². The predicted octanol–water partition coefficient (Wildman–Crippen LogP) is 2.71. The van der Waals surface area contributed by atoms with E-state index in [4.69, 9.17) is 4.74 Å². The number of urea groups is 1. The number of ether oxygens (including phenoxy) is 1. The Labute approximate surface area is 150 Å². The molecule has 2 aromatic rings. The van der Waals surface area contributed by atoms with Crippen LogP contribution in [0.3, 0.4) is 0 Å². The Morgan fingerprint density at radius 1 is 1.20 bits per heavy atom. The highest BCUT2D eigenvalue weighted by atomic mass is 32.1. The monoisotopic (exact) mass is 363 g/mol. The van der Waals surface area contributed by atoms with Gasteiger partial charge in [0.1, 0.15) is 4.88 Å². The molecule has 134 valence electrons. The summed E-state index contributed by atoms with van der Waals surface area (Å²) in [6.07, 6.45) is 2.52. The van der Waals surface area contributed by atoms with E-state index >= 15 is 0 Å². The highest BCUT2D eigenvalue weighted by Crippen LogP contribution is 2.22. The molecule has 0 saturated heterocycles. The van der Waals surface area contributed by atoms with Crippen molar-refractivity contribution in [1.82, 2.24) is 15.2 Å². The molecule has 0 fully saturated rings. The number of esters is 1. The molecule has 0 saturated carbocycles. The maximum atomic E-state index is 12.3. The molecule has 3 amide bonds. The number of imide groups is 1. The maximum Gasteiger partial charge on any atom is 0.351 e. The minimum atomic E-state index is -1.10. The van der Waals surface area contributed by atoms with Gasteiger partial charge in [-0.25, -0.2) is 9.59 Å². The van der Waals surface area contributed by atoms with E-state index in [-0.39, 0.29) is 0 Å². The van der Waals surface area contributed by atoms with Crippen LogP contribution in [0.15, 0.2) is 36.0 Å². The lowest BCUT2D eigenvalue weighted by molar-refractivity contribution is -0.127. The first-order chi connectivity index (χ1) is 11.7. The molecule has 0 bridgehead atoms. The van der Waals surface area contributed by atoms with Crippen molar-refractivity contribution in [3.63, 3.8) is 0 Å². The number of nitrogens with zero attached hydrogens (tertiary/aromatic N) is 1. The van der Waals surface area contributed by atoms with Crippen LogP contribution in [-0.2, 0) is 9.53 Å². The molecule has 2 N–H and O–H groups in total. The number of rotatable bonds is 4. The van der Waals surface area contributed by atoms with Crippen molar-refractivity contribution in [2.24, 2.45) is 0 Å². The van der Waals surface area contributed by atoms with E-state index in [1.54, 1.807) is 36.8 Å². The Balaban J connectivity index is 1.98. The number of aromatic nitrogens is 1. The van der Waals surface area contributed by atoms with Crippen molar-refractivity contribution in [3.05, 3.63) is 40.8 Å². The standard InChI is InChI=1S/C17H21N3O4S/c1-11(14(21)18-16(23)19-17(2,3)4)24-15(22)13-12(7-10-25-13)20-8-5-6-9-20/h5-11H,1-4H3,(H2,18,19,21,23). The highest BCUT2D eigenvalue weighted by molar-refractivity contribution is 7.12. The van der Waals surface area contributed by atoms with Gasteiger partial charge in [0.15, 0.2) is 6.10 Å². The molecule has 2 heterocycles. The van der Waals surface area contributed by atoms with Gasteiger partial charge in [0.2, 0.25) is 0 Å². The summed E-state index contributed by atoms with van der Waals surface area (Å²) < 4.78 is 6.98. The smallest absolute Gasteiger partial charge is 0.351 e. The molecule has 1 unspecified atom stereocenters. The van der Waals surface area contributed by atoms with Crippen LogP contribution >= 0.6 is 11.3 Å². The fraction of sp³-hybridized carbons (Fsp3) is 0.353. The molecule has 25 heavy (non-hydrogen) atoms. The van der Waals surface area contributed by atoms with Gasteiger partial charge in [0.25, 0.3) is 5.91 Å². The first kappa shape index (κ1) is 18.7. The molecule has 1 atom stereocenters. The lowest BCUT2D eigenvalue weighted by Gasteiger charge is -2.21. The second kappa shape index (κ2) is 7.52. The first-order valence-corrected chi connectivity index (χ1v) is 8.60. The summed E-state index contributed by atoms with van der Waals surface area (Å²) in [6.45, 7) is 6.79. The van der Waals surface area contributed by atoms with Gasteiger partial charge < -0.3 is 14.6 Å². The topological polar surface area (TPSA) is 89.4 Å². The molecule has 8 heteroatoms. The SMILES string of the molecule is CC(OC(=O)c1sccc1-n1cccc1)C(=O)NC(=O)NC(C)(C)C. The number of hydrogen-bond donors (Lipinski definition) is 2. The molecule has 0 spiro atoms. The number of hydrogen-bond acceptors (Lipinski definition) is 5.